The maximum Gasteiger partial charge on any atom is 0.156 e. The summed E-state index contributed by atoms with van der Waals surface area (Å²) < 4.78 is 1.97. The summed E-state index contributed by atoms with van der Waals surface area (Å²) in [6, 6.07) is 2.04. The van der Waals surface area contributed by atoms with Crippen molar-refractivity contribution in [3.8, 4) is 0 Å². The molecule has 0 N–H and O–H groups in total. The van der Waals surface area contributed by atoms with Crippen LogP contribution < -0.4 is 0 Å². The summed E-state index contributed by atoms with van der Waals surface area (Å²) in [4.78, 5) is 8.30. The summed E-state index contributed by atoms with van der Waals surface area (Å²) in [6.45, 7) is 4.03. The van der Waals surface area contributed by atoms with E-state index in [2.05, 4.69) is 9.97 Å². The van der Waals surface area contributed by atoms with E-state index in [1.807, 2.05) is 24.3 Å². The van der Waals surface area contributed by atoms with E-state index >= 15 is 0 Å². The van der Waals surface area contributed by atoms with Crippen molar-refractivity contribution in [3.63, 3.8) is 0 Å². The topological polar surface area (TPSA) is 30.2 Å². The Labute approximate surface area is 64.7 Å². The van der Waals surface area contributed by atoms with Crippen molar-refractivity contribution in [1.82, 2.24) is 14.4 Å². The van der Waals surface area contributed by atoms with E-state index in [0.29, 0.717) is 0 Å². The number of nitrogens with zero attached hydrogens (tertiary/aromatic N) is 3. The minimum absolute atomic E-state index is 0.919. The summed E-state index contributed by atoms with van der Waals surface area (Å²) in [7, 11) is 0. The van der Waals surface area contributed by atoms with Gasteiger partial charge in [0.1, 0.15) is 6.33 Å². The third kappa shape index (κ3) is 0.888. The molecule has 3 nitrogen and oxygen atoms in total. The Bertz CT molecular complexity index is 389. The molecule has 0 aromatic carbocycles. The van der Waals surface area contributed by atoms with Gasteiger partial charge in [0, 0.05) is 11.4 Å². The molecule has 0 radical (unpaired) electrons. The maximum atomic E-state index is 4.30. The van der Waals surface area contributed by atoms with Crippen LogP contribution in [0.5, 0.6) is 0 Å². The highest BCUT2D eigenvalue weighted by Crippen LogP contribution is 2.04. The number of aromatic nitrogens is 3. The molecule has 3 heteroatoms. The lowest BCUT2D eigenvalue weighted by molar-refractivity contribution is 1.02. The van der Waals surface area contributed by atoms with E-state index in [0.717, 1.165) is 11.3 Å². The highest BCUT2D eigenvalue weighted by Gasteiger charge is 1.97. The quantitative estimate of drug-likeness (QED) is 0.563. The molecule has 0 aliphatic carbocycles. The summed E-state index contributed by atoms with van der Waals surface area (Å²) in [6.07, 6.45) is 3.54. The standard InChI is InChI=1S/C8H9N3/c1-6-3-7(2)11-5-9-4-8(11)10-6/h3-5H,1-2H3. The SMILES string of the molecule is Cc1cc(C)n2cncc2n1. The van der Waals surface area contributed by atoms with Gasteiger partial charge < -0.3 is 0 Å². The third-order valence-electron chi connectivity index (χ3n) is 1.71. The second kappa shape index (κ2) is 2.05. The molecule has 0 saturated carbocycles. The first-order chi connectivity index (χ1) is 5.27. The predicted molar refractivity (Wildman–Crippen MR) is 42.5 cm³/mol. The number of imidazole rings is 1. The molecule has 11 heavy (non-hydrogen) atoms. The van der Waals surface area contributed by atoms with Gasteiger partial charge in [0.15, 0.2) is 5.65 Å². The Morgan fingerprint density at radius 1 is 1.36 bits per heavy atom. The molecule has 2 heterocycles. The molecule has 0 aliphatic heterocycles. The van der Waals surface area contributed by atoms with E-state index in [1.54, 1.807) is 12.5 Å². The Morgan fingerprint density at radius 3 is 3.00 bits per heavy atom. The normalized spacial score (nSPS) is 10.7. The lowest BCUT2D eigenvalue weighted by Crippen LogP contribution is -1.93. The van der Waals surface area contributed by atoms with Crippen molar-refractivity contribution in [1.29, 1.82) is 0 Å². The zero-order valence-corrected chi connectivity index (χ0v) is 6.57. The van der Waals surface area contributed by atoms with Crippen LogP contribution >= 0.6 is 0 Å². The summed E-state index contributed by atoms with van der Waals surface area (Å²) in [5.74, 6) is 0. The van der Waals surface area contributed by atoms with Crippen molar-refractivity contribution in [2.45, 2.75) is 13.8 Å². The van der Waals surface area contributed by atoms with Crippen LogP contribution in [0.4, 0.5) is 0 Å². The average Bonchev–Trinajstić information content (AvgIpc) is 2.34. The first kappa shape index (κ1) is 6.34. The summed E-state index contributed by atoms with van der Waals surface area (Å²) >= 11 is 0. The van der Waals surface area contributed by atoms with Crippen LogP contribution in [0.15, 0.2) is 18.6 Å². The predicted octanol–water partition coefficient (Wildman–Crippen LogP) is 1.35. The fourth-order valence-electron chi connectivity index (χ4n) is 1.23. The largest absolute Gasteiger partial charge is 0.288 e. The number of hydrogen-bond acceptors (Lipinski definition) is 2. The second-order valence-electron chi connectivity index (χ2n) is 2.66. The van der Waals surface area contributed by atoms with E-state index in [1.165, 1.54) is 5.69 Å². The van der Waals surface area contributed by atoms with Gasteiger partial charge in [-0.15, -0.1) is 0 Å². The molecule has 2 rings (SSSR count). The van der Waals surface area contributed by atoms with Gasteiger partial charge in [0.05, 0.1) is 6.20 Å². The number of aryl methyl sites for hydroxylation is 2. The van der Waals surface area contributed by atoms with E-state index < -0.39 is 0 Å². The van der Waals surface area contributed by atoms with Gasteiger partial charge >= 0.3 is 0 Å². The monoisotopic (exact) mass is 147 g/mol. The molecule has 0 saturated heterocycles. The number of rotatable bonds is 0. The highest BCUT2D eigenvalue weighted by molar-refractivity contribution is 5.37. The fourth-order valence-corrected chi connectivity index (χ4v) is 1.23. The third-order valence-corrected chi connectivity index (χ3v) is 1.71. The van der Waals surface area contributed by atoms with Crippen molar-refractivity contribution in [3.05, 3.63) is 30.0 Å². The summed E-state index contributed by atoms with van der Waals surface area (Å²) in [5.41, 5.74) is 3.13. The number of fused-ring (bicyclic) bond motifs is 1. The molecule has 0 fully saturated rings. The molecule has 2 aromatic rings. The Morgan fingerprint density at radius 2 is 2.18 bits per heavy atom. The van der Waals surface area contributed by atoms with Gasteiger partial charge in [0.25, 0.3) is 0 Å². The Balaban J connectivity index is 2.91. The lowest BCUT2D eigenvalue weighted by Gasteiger charge is -1.99. The first-order valence-corrected chi connectivity index (χ1v) is 3.54. The summed E-state index contributed by atoms with van der Waals surface area (Å²) in [5, 5.41) is 0. The average molecular weight is 147 g/mol. The van der Waals surface area contributed by atoms with Gasteiger partial charge in [-0.2, -0.15) is 0 Å². The van der Waals surface area contributed by atoms with Gasteiger partial charge in [-0.1, -0.05) is 0 Å². The molecule has 0 spiro atoms. The first-order valence-electron chi connectivity index (χ1n) is 3.54. The molecular formula is C8H9N3. The molecule has 56 valence electrons. The smallest absolute Gasteiger partial charge is 0.156 e. The van der Waals surface area contributed by atoms with Crippen molar-refractivity contribution < 1.29 is 0 Å². The molecule has 0 bridgehead atoms. The van der Waals surface area contributed by atoms with Crippen LogP contribution in [0, 0.1) is 13.8 Å². The zero-order chi connectivity index (χ0) is 7.84. The van der Waals surface area contributed by atoms with Crippen LogP contribution in [0.2, 0.25) is 0 Å². The minimum atomic E-state index is 0.919. The van der Waals surface area contributed by atoms with E-state index in [4.69, 9.17) is 0 Å². The zero-order valence-electron chi connectivity index (χ0n) is 6.57. The maximum absolute atomic E-state index is 4.30. The van der Waals surface area contributed by atoms with Crippen LogP contribution in [-0.4, -0.2) is 14.4 Å². The minimum Gasteiger partial charge on any atom is -0.288 e. The van der Waals surface area contributed by atoms with Gasteiger partial charge in [-0.3, -0.25) is 4.40 Å². The van der Waals surface area contributed by atoms with Crippen LogP contribution in [0.3, 0.4) is 0 Å². The molecule has 0 unspecified atom stereocenters. The highest BCUT2D eigenvalue weighted by atomic mass is 15.0. The number of hydrogen-bond donors (Lipinski definition) is 0. The van der Waals surface area contributed by atoms with Gasteiger partial charge in [0.2, 0.25) is 0 Å². The van der Waals surface area contributed by atoms with Crippen molar-refractivity contribution in [2.75, 3.05) is 0 Å². The molecular weight excluding hydrogens is 138 g/mol. The van der Waals surface area contributed by atoms with Crippen molar-refractivity contribution >= 4 is 5.65 Å². The van der Waals surface area contributed by atoms with Gasteiger partial charge in [-0.05, 0) is 19.9 Å². The molecule has 2 aromatic heterocycles. The van der Waals surface area contributed by atoms with Crippen LogP contribution in [0.25, 0.3) is 5.65 Å². The molecule has 0 aliphatic rings. The van der Waals surface area contributed by atoms with Crippen LogP contribution in [0.1, 0.15) is 11.4 Å². The second-order valence-corrected chi connectivity index (χ2v) is 2.66. The Hall–Kier alpha value is -1.38. The Kier molecular flexibility index (Phi) is 1.18. The van der Waals surface area contributed by atoms with E-state index in [-0.39, 0.29) is 0 Å². The molecule has 0 amide bonds. The van der Waals surface area contributed by atoms with E-state index in [9.17, 15) is 0 Å². The lowest BCUT2D eigenvalue weighted by atomic mass is 10.3. The van der Waals surface area contributed by atoms with Crippen molar-refractivity contribution in [2.24, 2.45) is 0 Å². The van der Waals surface area contributed by atoms with Gasteiger partial charge in [-0.25, -0.2) is 9.97 Å². The molecule has 0 atom stereocenters. The fraction of sp³-hybridized carbons (Fsp3) is 0.250. The van der Waals surface area contributed by atoms with Crippen LogP contribution in [-0.2, 0) is 0 Å².